The molecule has 5 heteroatoms. The smallest absolute Gasteiger partial charge is 0.130 e. The normalized spacial score (nSPS) is 20.1. The maximum atomic E-state index is 11.0. The lowest BCUT2D eigenvalue weighted by atomic mass is 9.90. The standard InChI is InChI=1S/C10H13BrN2OS/c11-8-3-6-15-10(8)9(13-14)7-1-4-12-5-2-7/h3,6-7,9,12H,1-2,4-5H2. The molecule has 1 fully saturated rings. The number of nitrogens with one attached hydrogen (secondary N) is 1. The van der Waals surface area contributed by atoms with E-state index in [4.69, 9.17) is 0 Å². The summed E-state index contributed by atoms with van der Waals surface area (Å²) in [6.45, 7) is 2.00. The Morgan fingerprint density at radius 3 is 2.80 bits per heavy atom. The fourth-order valence-corrected chi connectivity index (χ4v) is 3.75. The van der Waals surface area contributed by atoms with Crippen LogP contribution in [-0.2, 0) is 0 Å². The van der Waals surface area contributed by atoms with E-state index in [2.05, 4.69) is 26.4 Å². The highest BCUT2D eigenvalue weighted by molar-refractivity contribution is 9.10. The number of piperidine rings is 1. The summed E-state index contributed by atoms with van der Waals surface area (Å²) in [5, 5.41) is 8.62. The van der Waals surface area contributed by atoms with E-state index >= 15 is 0 Å². The van der Waals surface area contributed by atoms with Crippen molar-refractivity contribution in [1.29, 1.82) is 0 Å². The van der Waals surface area contributed by atoms with Crippen LogP contribution in [0.1, 0.15) is 23.8 Å². The van der Waals surface area contributed by atoms with Gasteiger partial charge in [-0.25, -0.2) is 0 Å². The van der Waals surface area contributed by atoms with Gasteiger partial charge in [0.05, 0.1) is 0 Å². The molecular formula is C10H13BrN2OS. The van der Waals surface area contributed by atoms with Crippen molar-refractivity contribution in [2.45, 2.75) is 18.9 Å². The Morgan fingerprint density at radius 2 is 2.27 bits per heavy atom. The van der Waals surface area contributed by atoms with E-state index in [0.717, 1.165) is 35.3 Å². The molecule has 3 nitrogen and oxygen atoms in total. The highest BCUT2D eigenvalue weighted by Crippen LogP contribution is 2.38. The molecule has 0 aliphatic carbocycles. The zero-order valence-corrected chi connectivity index (χ0v) is 10.7. The Bertz CT molecular complexity index is 336. The van der Waals surface area contributed by atoms with Gasteiger partial charge >= 0.3 is 0 Å². The number of rotatable bonds is 3. The van der Waals surface area contributed by atoms with Crippen LogP contribution in [-0.4, -0.2) is 13.1 Å². The number of hydrogen-bond donors (Lipinski definition) is 1. The molecule has 0 aromatic carbocycles. The highest BCUT2D eigenvalue weighted by Gasteiger charge is 2.28. The predicted octanol–water partition coefficient (Wildman–Crippen LogP) is 3.32. The maximum Gasteiger partial charge on any atom is 0.130 e. The van der Waals surface area contributed by atoms with Crippen molar-refractivity contribution in [3.05, 3.63) is 25.7 Å². The molecule has 1 aromatic heterocycles. The van der Waals surface area contributed by atoms with Gasteiger partial charge in [0.1, 0.15) is 6.04 Å². The molecule has 1 aromatic rings. The zero-order chi connectivity index (χ0) is 10.7. The third-order valence-electron chi connectivity index (χ3n) is 2.86. The molecule has 0 spiro atoms. The maximum absolute atomic E-state index is 11.0. The second-order valence-corrected chi connectivity index (χ2v) is 5.57. The summed E-state index contributed by atoms with van der Waals surface area (Å²) < 4.78 is 1.02. The molecule has 1 saturated heterocycles. The highest BCUT2D eigenvalue weighted by atomic mass is 79.9. The van der Waals surface area contributed by atoms with E-state index in [9.17, 15) is 4.91 Å². The van der Waals surface area contributed by atoms with Crippen molar-refractivity contribution in [3.63, 3.8) is 0 Å². The Balaban J connectivity index is 2.16. The van der Waals surface area contributed by atoms with Gasteiger partial charge in [-0.2, -0.15) is 4.91 Å². The molecule has 2 heterocycles. The monoisotopic (exact) mass is 288 g/mol. The molecule has 0 saturated carbocycles. The first-order chi connectivity index (χ1) is 7.33. The number of thiophene rings is 1. The fraction of sp³-hybridized carbons (Fsp3) is 0.600. The van der Waals surface area contributed by atoms with Gasteiger partial charge in [-0.3, -0.25) is 0 Å². The molecule has 1 unspecified atom stereocenters. The largest absolute Gasteiger partial charge is 0.317 e. The van der Waals surface area contributed by atoms with Crippen molar-refractivity contribution in [2.24, 2.45) is 11.1 Å². The molecule has 1 aliphatic heterocycles. The van der Waals surface area contributed by atoms with Crippen LogP contribution in [0, 0.1) is 10.8 Å². The van der Waals surface area contributed by atoms with E-state index in [1.54, 1.807) is 11.3 Å². The lowest BCUT2D eigenvalue weighted by Crippen LogP contribution is -2.30. The third kappa shape index (κ3) is 2.46. The van der Waals surface area contributed by atoms with Crippen LogP contribution in [0.25, 0.3) is 0 Å². The predicted molar refractivity (Wildman–Crippen MR) is 66.1 cm³/mol. The quantitative estimate of drug-likeness (QED) is 0.867. The van der Waals surface area contributed by atoms with Crippen molar-refractivity contribution < 1.29 is 0 Å². The van der Waals surface area contributed by atoms with E-state index in [1.165, 1.54) is 0 Å². The number of nitrogens with zero attached hydrogens (tertiary/aromatic N) is 1. The lowest BCUT2D eigenvalue weighted by Gasteiger charge is -2.25. The van der Waals surface area contributed by atoms with E-state index in [0.29, 0.717) is 5.92 Å². The van der Waals surface area contributed by atoms with Gasteiger partial charge < -0.3 is 5.32 Å². The van der Waals surface area contributed by atoms with E-state index < -0.39 is 0 Å². The van der Waals surface area contributed by atoms with Gasteiger partial charge in [0.2, 0.25) is 0 Å². The molecule has 1 N–H and O–H groups in total. The SMILES string of the molecule is O=NC(c1sccc1Br)C1CCNCC1. The van der Waals surface area contributed by atoms with Gasteiger partial charge in [-0.1, -0.05) is 5.18 Å². The summed E-state index contributed by atoms with van der Waals surface area (Å²) in [7, 11) is 0. The van der Waals surface area contributed by atoms with Gasteiger partial charge in [0, 0.05) is 9.35 Å². The molecule has 2 rings (SSSR count). The van der Waals surface area contributed by atoms with Crippen molar-refractivity contribution in [3.8, 4) is 0 Å². The van der Waals surface area contributed by atoms with Crippen LogP contribution in [0.3, 0.4) is 0 Å². The summed E-state index contributed by atoms with van der Waals surface area (Å²) >= 11 is 5.09. The van der Waals surface area contributed by atoms with Gasteiger partial charge in [-0.15, -0.1) is 11.3 Å². The minimum absolute atomic E-state index is 0.165. The molecule has 0 bridgehead atoms. The lowest BCUT2D eigenvalue weighted by molar-refractivity contribution is 0.324. The molecular weight excluding hydrogens is 276 g/mol. The third-order valence-corrected chi connectivity index (χ3v) is 4.80. The second kappa shape index (κ2) is 5.18. The van der Waals surface area contributed by atoms with E-state index in [1.807, 2.05) is 11.4 Å². The molecule has 82 valence electrons. The summed E-state index contributed by atoms with van der Waals surface area (Å²) in [6, 6.07) is 1.82. The topological polar surface area (TPSA) is 41.5 Å². The summed E-state index contributed by atoms with van der Waals surface area (Å²) in [4.78, 5) is 12.1. The first-order valence-corrected chi connectivity index (χ1v) is 6.76. The van der Waals surface area contributed by atoms with Crippen LogP contribution in [0.15, 0.2) is 21.1 Å². The van der Waals surface area contributed by atoms with Crippen LogP contribution in [0.5, 0.6) is 0 Å². The number of nitroso groups, excluding NO2 is 1. The van der Waals surface area contributed by atoms with Crippen molar-refractivity contribution in [2.75, 3.05) is 13.1 Å². The molecule has 1 aliphatic rings. The molecule has 15 heavy (non-hydrogen) atoms. The number of hydrogen-bond acceptors (Lipinski definition) is 4. The Morgan fingerprint density at radius 1 is 1.53 bits per heavy atom. The zero-order valence-electron chi connectivity index (χ0n) is 8.28. The van der Waals surface area contributed by atoms with Crippen molar-refractivity contribution >= 4 is 27.3 Å². The summed E-state index contributed by atoms with van der Waals surface area (Å²) in [6.07, 6.45) is 2.08. The summed E-state index contributed by atoms with van der Waals surface area (Å²) in [5.41, 5.74) is 0. The molecule has 0 amide bonds. The molecule has 0 radical (unpaired) electrons. The Hall–Kier alpha value is -0.260. The first-order valence-electron chi connectivity index (χ1n) is 5.09. The van der Waals surface area contributed by atoms with Crippen LogP contribution in [0.4, 0.5) is 0 Å². The van der Waals surface area contributed by atoms with Crippen LogP contribution in [0.2, 0.25) is 0 Å². The minimum atomic E-state index is -0.165. The first kappa shape index (κ1) is 11.2. The Kier molecular flexibility index (Phi) is 3.88. The second-order valence-electron chi connectivity index (χ2n) is 3.77. The fourth-order valence-electron chi connectivity index (χ4n) is 2.02. The summed E-state index contributed by atoms with van der Waals surface area (Å²) in [5.74, 6) is 0.402. The minimum Gasteiger partial charge on any atom is -0.317 e. The average Bonchev–Trinajstić information content (AvgIpc) is 2.68. The average molecular weight is 289 g/mol. The van der Waals surface area contributed by atoms with Gasteiger partial charge in [0.15, 0.2) is 0 Å². The van der Waals surface area contributed by atoms with Crippen LogP contribution < -0.4 is 5.32 Å². The van der Waals surface area contributed by atoms with Crippen LogP contribution >= 0.6 is 27.3 Å². The van der Waals surface area contributed by atoms with E-state index in [-0.39, 0.29) is 6.04 Å². The van der Waals surface area contributed by atoms with Gasteiger partial charge in [0.25, 0.3) is 0 Å². The van der Waals surface area contributed by atoms with Crippen molar-refractivity contribution in [1.82, 2.24) is 5.32 Å². The Labute approximate surface area is 101 Å². The van der Waals surface area contributed by atoms with Gasteiger partial charge in [-0.05, 0) is 59.2 Å². The number of halogens is 1. The molecule has 1 atom stereocenters.